The smallest absolute Gasteiger partial charge is 0.314 e. The first-order chi connectivity index (χ1) is 17.0. The van der Waals surface area contributed by atoms with Gasteiger partial charge in [0.05, 0.1) is 31.5 Å². The average molecular weight is 528 g/mol. The van der Waals surface area contributed by atoms with Crippen molar-refractivity contribution in [3.05, 3.63) is 0 Å². The Labute approximate surface area is 206 Å². The zero-order chi connectivity index (χ0) is 26.5. The van der Waals surface area contributed by atoms with Crippen molar-refractivity contribution >= 4 is 0 Å². The first-order valence-electron chi connectivity index (χ1n) is 11.8. The number of nitrogens with one attached hydrogen (secondary N) is 1. The van der Waals surface area contributed by atoms with E-state index < -0.39 is 111 Å². The van der Waals surface area contributed by atoms with Gasteiger partial charge in [0.2, 0.25) is 0 Å². The molecule has 0 aromatic heterocycles. The van der Waals surface area contributed by atoms with E-state index >= 15 is 0 Å². The molecule has 0 bridgehead atoms. The van der Waals surface area contributed by atoms with Gasteiger partial charge >= 0.3 is 5.97 Å². The SMILES string of the molecule is CN[C@@H]1C[C@H](N)[C@@H](O)[C@H](O[C@H]2O[C@@H](CO)[C@@H](O)[C@H]3O[C@@]4(O[C@@H]([C@H](N)CO)[C@@H](O)[C@@H](O)[C@@H]4O)O[C@@H]23)[C@H]1O. The molecule has 4 rings (SSSR count). The quantitative estimate of drug-likeness (QED) is 0.153. The third kappa shape index (κ3) is 4.68. The number of ether oxygens (including phenoxy) is 5. The predicted octanol–water partition coefficient (Wildman–Crippen LogP) is -7.27. The van der Waals surface area contributed by atoms with Crippen LogP contribution in [0.5, 0.6) is 0 Å². The van der Waals surface area contributed by atoms with E-state index in [1.165, 1.54) is 0 Å². The summed E-state index contributed by atoms with van der Waals surface area (Å²) in [6, 6.07) is -2.50. The zero-order valence-electron chi connectivity index (χ0n) is 19.6. The third-order valence-electron chi connectivity index (χ3n) is 7.42. The molecule has 0 amide bonds. The van der Waals surface area contributed by atoms with Crippen molar-refractivity contribution in [2.45, 2.75) is 104 Å². The minimum Gasteiger partial charge on any atom is -0.395 e. The van der Waals surface area contributed by atoms with Crippen molar-refractivity contribution in [2.24, 2.45) is 11.5 Å². The number of fused-ring (bicyclic) bond motifs is 1. The lowest BCUT2D eigenvalue weighted by atomic mass is 9.84. The van der Waals surface area contributed by atoms with Crippen molar-refractivity contribution in [1.82, 2.24) is 5.32 Å². The summed E-state index contributed by atoms with van der Waals surface area (Å²) in [4.78, 5) is 0. The molecular weight excluding hydrogens is 490 g/mol. The van der Waals surface area contributed by atoms with E-state index in [1.807, 2.05) is 0 Å². The second-order valence-electron chi connectivity index (χ2n) is 9.72. The van der Waals surface area contributed by atoms with Gasteiger partial charge in [-0.2, -0.15) is 0 Å². The lowest BCUT2D eigenvalue weighted by Crippen LogP contribution is -2.69. The molecule has 3 heterocycles. The molecule has 1 spiro atoms. The topological polar surface area (TPSA) is 272 Å². The number of nitrogens with two attached hydrogens (primary N) is 2. The minimum atomic E-state index is -2.48. The fourth-order valence-corrected chi connectivity index (χ4v) is 5.23. The summed E-state index contributed by atoms with van der Waals surface area (Å²) in [5, 5.41) is 85.6. The Morgan fingerprint density at radius 3 is 2.22 bits per heavy atom. The molecular formula is C20H37N3O13. The van der Waals surface area contributed by atoms with E-state index in [4.69, 9.17) is 35.2 Å². The highest BCUT2D eigenvalue weighted by Gasteiger charge is 2.67. The van der Waals surface area contributed by atoms with Crippen LogP contribution in [0, 0.1) is 0 Å². The van der Waals surface area contributed by atoms with Crippen LogP contribution in [0.1, 0.15) is 6.42 Å². The average Bonchev–Trinajstić information content (AvgIpc) is 3.27. The van der Waals surface area contributed by atoms with Crippen molar-refractivity contribution in [3.8, 4) is 0 Å². The highest BCUT2D eigenvalue weighted by Crippen LogP contribution is 2.45. The summed E-state index contributed by atoms with van der Waals surface area (Å²) in [6.45, 7) is -1.33. The van der Waals surface area contributed by atoms with Gasteiger partial charge in [-0.25, -0.2) is 0 Å². The van der Waals surface area contributed by atoms with Crippen LogP contribution in [0.3, 0.4) is 0 Å². The second kappa shape index (κ2) is 10.9. The van der Waals surface area contributed by atoms with Crippen LogP contribution in [-0.4, -0.2) is 159 Å². The molecule has 13 N–H and O–H groups in total. The van der Waals surface area contributed by atoms with Crippen LogP contribution < -0.4 is 16.8 Å². The van der Waals surface area contributed by atoms with Crippen LogP contribution in [-0.2, 0) is 23.7 Å². The highest BCUT2D eigenvalue weighted by atomic mass is 16.9. The molecule has 16 heteroatoms. The maximum absolute atomic E-state index is 10.7. The molecule has 0 radical (unpaired) electrons. The number of likely N-dealkylation sites (N-methyl/N-ethyl adjacent to an activating group) is 1. The maximum Gasteiger partial charge on any atom is 0.314 e. The summed E-state index contributed by atoms with van der Waals surface area (Å²) >= 11 is 0. The van der Waals surface area contributed by atoms with Gasteiger partial charge in [-0.15, -0.1) is 0 Å². The first-order valence-corrected chi connectivity index (χ1v) is 11.8. The fraction of sp³-hybridized carbons (Fsp3) is 1.00. The van der Waals surface area contributed by atoms with Gasteiger partial charge in [0.1, 0.15) is 48.8 Å². The van der Waals surface area contributed by atoms with Gasteiger partial charge in [0.25, 0.3) is 0 Å². The Balaban J connectivity index is 1.62. The van der Waals surface area contributed by atoms with E-state index in [0.29, 0.717) is 0 Å². The molecule has 0 aromatic rings. The number of hydrogen-bond acceptors (Lipinski definition) is 16. The van der Waals surface area contributed by atoms with Gasteiger partial charge in [0.15, 0.2) is 12.4 Å². The standard InChI is InChI=1S/C20H37N3O13/c1-23-7-2-5(21)9(26)15(10(7)27)33-19-17-16(11(28)8(4-25)32-19)35-20(36-17)18(31)13(30)12(29)14(34-20)6(22)3-24/h5-19,23-31H,2-4,21-22H2,1H3/t5-,6+,7+,8-,9+,10-,11+,12-,13+,14-,15-,16+,17+,18-,19+,20+/m0/s1. The Hall–Kier alpha value is -0.640. The summed E-state index contributed by atoms with van der Waals surface area (Å²) < 4.78 is 28.7. The number of hydrogen-bond donors (Lipinski definition) is 11. The Bertz CT molecular complexity index is 756. The molecule has 3 aliphatic heterocycles. The predicted molar refractivity (Wildman–Crippen MR) is 115 cm³/mol. The lowest BCUT2D eigenvalue weighted by Gasteiger charge is -2.46. The van der Waals surface area contributed by atoms with Crippen molar-refractivity contribution in [3.63, 3.8) is 0 Å². The van der Waals surface area contributed by atoms with Crippen LogP contribution >= 0.6 is 0 Å². The van der Waals surface area contributed by atoms with Gasteiger partial charge in [-0.3, -0.25) is 0 Å². The lowest BCUT2D eigenvalue weighted by molar-refractivity contribution is -0.439. The molecule has 16 atom stereocenters. The largest absolute Gasteiger partial charge is 0.395 e. The van der Waals surface area contributed by atoms with E-state index in [-0.39, 0.29) is 6.42 Å². The summed E-state index contributed by atoms with van der Waals surface area (Å²) in [6.07, 6.45) is -17.7. The summed E-state index contributed by atoms with van der Waals surface area (Å²) in [7, 11) is 1.60. The van der Waals surface area contributed by atoms with Gasteiger partial charge in [-0.1, -0.05) is 0 Å². The van der Waals surface area contributed by atoms with Gasteiger partial charge < -0.3 is 81.3 Å². The highest BCUT2D eigenvalue weighted by molar-refractivity contribution is 5.05. The van der Waals surface area contributed by atoms with Crippen LogP contribution in [0.15, 0.2) is 0 Å². The molecule has 0 aromatic carbocycles. The normalized spacial score (nSPS) is 54.4. The number of aliphatic hydroxyl groups is 8. The van der Waals surface area contributed by atoms with Crippen molar-refractivity contribution in [2.75, 3.05) is 20.3 Å². The molecule has 0 unspecified atom stereocenters. The Morgan fingerprint density at radius 1 is 0.944 bits per heavy atom. The van der Waals surface area contributed by atoms with Crippen molar-refractivity contribution in [1.29, 1.82) is 0 Å². The Morgan fingerprint density at radius 2 is 1.61 bits per heavy atom. The molecule has 1 aliphatic carbocycles. The second-order valence-corrected chi connectivity index (χ2v) is 9.72. The fourth-order valence-electron chi connectivity index (χ4n) is 5.23. The van der Waals surface area contributed by atoms with E-state index in [2.05, 4.69) is 5.32 Å². The molecule has 210 valence electrons. The molecule has 4 aliphatic rings. The van der Waals surface area contributed by atoms with Gasteiger partial charge in [0, 0.05) is 12.1 Å². The molecule has 3 saturated heterocycles. The first kappa shape index (κ1) is 28.4. The monoisotopic (exact) mass is 527 g/mol. The Kier molecular flexibility index (Phi) is 8.55. The van der Waals surface area contributed by atoms with Crippen LogP contribution in [0.2, 0.25) is 0 Å². The van der Waals surface area contributed by atoms with Gasteiger partial charge in [-0.05, 0) is 13.5 Å². The maximum atomic E-state index is 10.7. The van der Waals surface area contributed by atoms with Crippen LogP contribution in [0.4, 0.5) is 0 Å². The van der Waals surface area contributed by atoms with E-state index in [9.17, 15) is 40.9 Å². The summed E-state index contributed by atoms with van der Waals surface area (Å²) in [5.74, 6) is -2.48. The minimum absolute atomic E-state index is 0.254. The molecule has 4 fully saturated rings. The van der Waals surface area contributed by atoms with E-state index in [0.717, 1.165) is 0 Å². The molecule has 36 heavy (non-hydrogen) atoms. The third-order valence-corrected chi connectivity index (χ3v) is 7.42. The van der Waals surface area contributed by atoms with E-state index in [1.54, 1.807) is 7.05 Å². The zero-order valence-corrected chi connectivity index (χ0v) is 19.6. The number of rotatable bonds is 6. The molecule has 16 nitrogen and oxygen atoms in total. The summed E-state index contributed by atoms with van der Waals surface area (Å²) in [5.41, 5.74) is 11.8. The number of aliphatic hydroxyl groups excluding tert-OH is 8. The van der Waals surface area contributed by atoms with Crippen LogP contribution in [0.25, 0.3) is 0 Å². The molecule has 1 saturated carbocycles. The van der Waals surface area contributed by atoms with Crippen molar-refractivity contribution < 1.29 is 64.5 Å².